The van der Waals surface area contributed by atoms with Crippen molar-refractivity contribution < 1.29 is 9.59 Å². The Kier molecular flexibility index (Phi) is 5.52. The lowest BCUT2D eigenvalue weighted by molar-refractivity contribution is -0.128. The van der Waals surface area contributed by atoms with Gasteiger partial charge in [-0.15, -0.1) is 0 Å². The van der Waals surface area contributed by atoms with Crippen LogP contribution in [-0.4, -0.2) is 40.6 Å². The molecule has 24 heavy (non-hydrogen) atoms. The Morgan fingerprint density at radius 1 is 1.25 bits per heavy atom. The van der Waals surface area contributed by atoms with Gasteiger partial charge in [-0.05, 0) is 23.8 Å². The molecule has 0 unspecified atom stereocenters. The van der Waals surface area contributed by atoms with Gasteiger partial charge in [0.1, 0.15) is 0 Å². The van der Waals surface area contributed by atoms with E-state index in [2.05, 4.69) is 11.7 Å². The number of benzene rings is 1. The fourth-order valence-corrected chi connectivity index (χ4v) is 2.36. The van der Waals surface area contributed by atoms with Gasteiger partial charge in [-0.1, -0.05) is 24.8 Å². The number of nitrogens with zero attached hydrogens (tertiary/aromatic N) is 4. The first-order valence-electron chi connectivity index (χ1n) is 7.63. The quantitative estimate of drug-likeness (QED) is 0.760. The number of para-hydroxylation sites is 1. The van der Waals surface area contributed by atoms with E-state index in [1.807, 2.05) is 37.4 Å². The lowest BCUT2D eigenvalue weighted by Gasteiger charge is -2.24. The van der Waals surface area contributed by atoms with Crippen LogP contribution in [0.4, 0.5) is 5.69 Å². The van der Waals surface area contributed by atoms with Crippen molar-refractivity contribution in [2.75, 3.05) is 19.0 Å². The molecule has 0 spiro atoms. The Balaban J connectivity index is 2.39. The average Bonchev–Trinajstić information content (AvgIpc) is 2.97. The summed E-state index contributed by atoms with van der Waals surface area (Å²) in [4.78, 5) is 27.6. The molecule has 2 amide bonds. The Hall–Kier alpha value is -2.89. The highest BCUT2D eigenvalue weighted by Crippen LogP contribution is 2.24. The van der Waals surface area contributed by atoms with Gasteiger partial charge in [0.15, 0.2) is 0 Å². The van der Waals surface area contributed by atoms with Crippen LogP contribution in [0.25, 0.3) is 0 Å². The van der Waals surface area contributed by atoms with Crippen molar-refractivity contribution in [1.29, 1.82) is 0 Å². The molecular weight excluding hydrogens is 304 g/mol. The van der Waals surface area contributed by atoms with Crippen molar-refractivity contribution >= 4 is 17.5 Å². The summed E-state index contributed by atoms with van der Waals surface area (Å²) in [6.45, 7) is 3.94. The number of aryl methyl sites for hydroxylation is 1. The lowest BCUT2D eigenvalue weighted by Crippen LogP contribution is -2.31. The SMILES string of the molecule is C=CC(=O)N(Cc1ccnn1C)c1ccccc1CC(=O)N(C)C. The van der Waals surface area contributed by atoms with Crippen LogP contribution in [0.15, 0.2) is 49.2 Å². The second-order valence-corrected chi connectivity index (χ2v) is 5.67. The van der Waals surface area contributed by atoms with Crippen LogP contribution in [0, 0.1) is 0 Å². The van der Waals surface area contributed by atoms with E-state index in [-0.39, 0.29) is 18.2 Å². The zero-order valence-corrected chi connectivity index (χ0v) is 14.3. The number of amides is 2. The Labute approximate surface area is 142 Å². The Bertz CT molecular complexity index is 749. The summed E-state index contributed by atoms with van der Waals surface area (Å²) in [6, 6.07) is 9.28. The van der Waals surface area contributed by atoms with E-state index >= 15 is 0 Å². The number of hydrogen-bond donors (Lipinski definition) is 0. The number of anilines is 1. The number of likely N-dealkylation sites (N-methyl/N-ethyl adjacent to an activating group) is 1. The molecule has 0 aliphatic carbocycles. The van der Waals surface area contributed by atoms with Gasteiger partial charge in [-0.3, -0.25) is 14.3 Å². The Morgan fingerprint density at radius 3 is 2.54 bits per heavy atom. The first kappa shape index (κ1) is 17.5. The molecule has 126 valence electrons. The summed E-state index contributed by atoms with van der Waals surface area (Å²) in [6.07, 6.45) is 3.20. The van der Waals surface area contributed by atoms with Gasteiger partial charge in [0.05, 0.1) is 18.7 Å². The second kappa shape index (κ2) is 7.59. The van der Waals surface area contributed by atoms with Crippen LogP contribution in [0.5, 0.6) is 0 Å². The zero-order valence-electron chi connectivity index (χ0n) is 14.3. The number of rotatable bonds is 6. The molecule has 0 fully saturated rings. The molecule has 0 aliphatic rings. The minimum Gasteiger partial charge on any atom is -0.349 e. The normalized spacial score (nSPS) is 10.3. The predicted octanol–water partition coefficient (Wildman–Crippen LogP) is 1.77. The fourth-order valence-electron chi connectivity index (χ4n) is 2.36. The first-order chi connectivity index (χ1) is 11.4. The minimum absolute atomic E-state index is 0.0195. The molecule has 0 saturated carbocycles. The van der Waals surface area contributed by atoms with Crippen LogP contribution in [0.3, 0.4) is 0 Å². The zero-order chi connectivity index (χ0) is 17.7. The third kappa shape index (κ3) is 3.90. The topological polar surface area (TPSA) is 58.4 Å². The summed E-state index contributed by atoms with van der Waals surface area (Å²) < 4.78 is 1.72. The van der Waals surface area contributed by atoms with Gasteiger partial charge < -0.3 is 9.80 Å². The van der Waals surface area contributed by atoms with Gasteiger partial charge >= 0.3 is 0 Å². The van der Waals surface area contributed by atoms with Gasteiger partial charge in [0.2, 0.25) is 5.91 Å². The van der Waals surface area contributed by atoms with E-state index < -0.39 is 0 Å². The maximum absolute atomic E-state index is 12.4. The van der Waals surface area contributed by atoms with Crippen molar-refractivity contribution in [3.63, 3.8) is 0 Å². The minimum atomic E-state index is -0.221. The summed E-state index contributed by atoms with van der Waals surface area (Å²) in [7, 11) is 5.26. The van der Waals surface area contributed by atoms with Crippen molar-refractivity contribution in [3.8, 4) is 0 Å². The fraction of sp³-hybridized carbons (Fsp3) is 0.278. The molecule has 1 aromatic carbocycles. The first-order valence-corrected chi connectivity index (χ1v) is 7.63. The lowest BCUT2D eigenvalue weighted by atomic mass is 10.1. The van der Waals surface area contributed by atoms with Crippen LogP contribution < -0.4 is 4.90 Å². The summed E-state index contributed by atoms with van der Waals surface area (Å²) in [5.41, 5.74) is 2.39. The third-order valence-electron chi connectivity index (χ3n) is 3.81. The van der Waals surface area contributed by atoms with Crippen LogP contribution in [0.2, 0.25) is 0 Å². The highest BCUT2D eigenvalue weighted by Gasteiger charge is 2.19. The van der Waals surface area contributed by atoms with Crippen molar-refractivity contribution in [3.05, 3.63) is 60.4 Å². The molecular formula is C18H22N4O2. The molecule has 0 saturated heterocycles. The van der Waals surface area contributed by atoms with E-state index in [1.54, 1.807) is 29.9 Å². The molecule has 2 aromatic rings. The van der Waals surface area contributed by atoms with E-state index in [1.165, 1.54) is 11.0 Å². The summed E-state index contributed by atoms with van der Waals surface area (Å²) in [5.74, 6) is -0.241. The van der Waals surface area contributed by atoms with Crippen LogP contribution >= 0.6 is 0 Å². The molecule has 6 nitrogen and oxygen atoms in total. The maximum atomic E-state index is 12.4. The molecule has 2 rings (SSSR count). The number of carbonyl (C=O) groups excluding carboxylic acids is 2. The van der Waals surface area contributed by atoms with Crippen LogP contribution in [0.1, 0.15) is 11.3 Å². The van der Waals surface area contributed by atoms with Gasteiger partial charge in [0, 0.05) is 33.0 Å². The van der Waals surface area contributed by atoms with Gasteiger partial charge in [-0.2, -0.15) is 5.10 Å². The van der Waals surface area contributed by atoms with E-state index in [0.29, 0.717) is 12.2 Å². The van der Waals surface area contributed by atoms with E-state index in [9.17, 15) is 9.59 Å². The molecule has 6 heteroatoms. The molecule has 1 aromatic heterocycles. The molecule has 0 N–H and O–H groups in total. The average molecular weight is 326 g/mol. The molecule has 0 aliphatic heterocycles. The standard InChI is InChI=1S/C18H22N4O2/c1-5-17(23)22(13-15-10-11-19-21(15)4)16-9-7-6-8-14(16)12-18(24)20(2)3/h5-11H,1,12-13H2,2-4H3. The number of hydrogen-bond acceptors (Lipinski definition) is 3. The largest absolute Gasteiger partial charge is 0.349 e. The predicted molar refractivity (Wildman–Crippen MR) is 93.4 cm³/mol. The van der Waals surface area contributed by atoms with Gasteiger partial charge in [-0.25, -0.2) is 0 Å². The maximum Gasteiger partial charge on any atom is 0.250 e. The van der Waals surface area contributed by atoms with Gasteiger partial charge in [0.25, 0.3) is 5.91 Å². The summed E-state index contributed by atoms with van der Waals surface area (Å²) in [5, 5.41) is 4.13. The number of aromatic nitrogens is 2. The highest BCUT2D eigenvalue weighted by atomic mass is 16.2. The summed E-state index contributed by atoms with van der Waals surface area (Å²) >= 11 is 0. The molecule has 0 radical (unpaired) electrons. The van der Waals surface area contributed by atoms with E-state index in [4.69, 9.17) is 0 Å². The van der Waals surface area contributed by atoms with Crippen molar-refractivity contribution in [2.45, 2.75) is 13.0 Å². The molecule has 0 atom stereocenters. The monoisotopic (exact) mass is 326 g/mol. The smallest absolute Gasteiger partial charge is 0.250 e. The van der Waals surface area contributed by atoms with E-state index in [0.717, 1.165) is 11.3 Å². The Morgan fingerprint density at radius 2 is 1.96 bits per heavy atom. The van der Waals surface area contributed by atoms with Crippen LogP contribution in [-0.2, 0) is 29.6 Å². The second-order valence-electron chi connectivity index (χ2n) is 5.67. The third-order valence-corrected chi connectivity index (χ3v) is 3.81. The molecule has 0 bridgehead atoms. The molecule has 1 heterocycles. The highest BCUT2D eigenvalue weighted by molar-refractivity contribution is 6.01. The van der Waals surface area contributed by atoms with Crippen molar-refractivity contribution in [2.24, 2.45) is 7.05 Å². The number of carbonyl (C=O) groups is 2. The van der Waals surface area contributed by atoms with Crippen molar-refractivity contribution in [1.82, 2.24) is 14.7 Å².